The third-order valence-electron chi connectivity index (χ3n) is 11.1. The molecule has 0 amide bonds. The van der Waals surface area contributed by atoms with E-state index in [1.54, 1.807) is 11.1 Å². The van der Waals surface area contributed by atoms with Crippen molar-refractivity contribution in [1.29, 1.82) is 0 Å². The summed E-state index contributed by atoms with van der Waals surface area (Å²) in [5, 5.41) is 1.41. The smallest absolute Gasteiger partial charge is 0.172 e. The lowest BCUT2D eigenvalue weighted by atomic mass is 9.57. The minimum absolute atomic E-state index is 0.291. The molecule has 0 N–H and O–H groups in total. The number of fused-ring (bicyclic) bond motifs is 9. The molecule has 0 saturated heterocycles. The van der Waals surface area contributed by atoms with Crippen molar-refractivity contribution in [1.82, 2.24) is 0 Å². The third kappa shape index (κ3) is 2.52. The standard InChI is InChI=1S/C28H34O2S2/c29-25-19-11-14-10-18-20(26(30)28-24(18)16-6-2-4-8-22(16)32-28)12-13(14)9-17(19)23-15-5-1-3-7-21(15)31-27(23)25/h13-22H,1-12H2. The number of allylic oxidation sites excluding steroid dienone is 4. The summed E-state index contributed by atoms with van der Waals surface area (Å²) in [5.41, 5.74) is 3.24. The molecule has 0 aromatic rings. The molecule has 8 aliphatic rings. The van der Waals surface area contributed by atoms with Crippen LogP contribution in [0, 0.1) is 47.3 Å². The maximum atomic E-state index is 13.5. The van der Waals surface area contributed by atoms with Crippen molar-refractivity contribution in [3.05, 3.63) is 21.0 Å². The van der Waals surface area contributed by atoms with Gasteiger partial charge in [0.15, 0.2) is 11.6 Å². The van der Waals surface area contributed by atoms with Crippen LogP contribution in [0.2, 0.25) is 0 Å². The van der Waals surface area contributed by atoms with Gasteiger partial charge < -0.3 is 0 Å². The summed E-state index contributed by atoms with van der Waals surface area (Å²) < 4.78 is 0. The zero-order valence-electron chi connectivity index (χ0n) is 18.9. The van der Waals surface area contributed by atoms with Crippen molar-refractivity contribution in [3.63, 3.8) is 0 Å². The van der Waals surface area contributed by atoms with Gasteiger partial charge >= 0.3 is 0 Å². The monoisotopic (exact) mass is 466 g/mol. The number of hydrogen-bond acceptors (Lipinski definition) is 4. The first-order valence-electron chi connectivity index (χ1n) is 13.6. The maximum Gasteiger partial charge on any atom is 0.172 e. The zero-order chi connectivity index (χ0) is 21.1. The van der Waals surface area contributed by atoms with E-state index in [9.17, 15) is 9.59 Å². The first-order valence-corrected chi connectivity index (χ1v) is 15.3. The fourth-order valence-corrected chi connectivity index (χ4v) is 13.3. The van der Waals surface area contributed by atoms with Crippen LogP contribution in [-0.4, -0.2) is 22.1 Å². The van der Waals surface area contributed by atoms with E-state index in [-0.39, 0.29) is 0 Å². The van der Waals surface area contributed by atoms with Crippen LogP contribution >= 0.6 is 23.5 Å². The summed E-state index contributed by atoms with van der Waals surface area (Å²) >= 11 is 3.96. The van der Waals surface area contributed by atoms with Gasteiger partial charge in [-0.2, -0.15) is 0 Å². The lowest BCUT2D eigenvalue weighted by molar-refractivity contribution is -0.124. The van der Waals surface area contributed by atoms with Gasteiger partial charge in [0.25, 0.3) is 0 Å². The average Bonchev–Trinajstić information content (AvgIpc) is 3.52. The minimum atomic E-state index is 0.291. The Hall–Kier alpha value is -0.480. The van der Waals surface area contributed by atoms with Crippen LogP contribution in [0.25, 0.3) is 0 Å². The summed E-state index contributed by atoms with van der Waals surface area (Å²) in [6.45, 7) is 0. The van der Waals surface area contributed by atoms with Crippen LogP contribution < -0.4 is 0 Å². The van der Waals surface area contributed by atoms with Crippen molar-refractivity contribution in [2.75, 3.05) is 0 Å². The van der Waals surface area contributed by atoms with Gasteiger partial charge in [-0.15, -0.1) is 23.5 Å². The lowest BCUT2D eigenvalue weighted by Crippen LogP contribution is -2.42. The summed E-state index contributed by atoms with van der Waals surface area (Å²) in [4.78, 5) is 29.5. The normalized spacial score (nSPS) is 51.1. The molecule has 0 bridgehead atoms. The van der Waals surface area contributed by atoms with Crippen LogP contribution in [0.15, 0.2) is 21.0 Å². The molecule has 8 rings (SSSR count). The van der Waals surface area contributed by atoms with E-state index in [2.05, 4.69) is 0 Å². The molecule has 0 aromatic carbocycles. The molecule has 2 heterocycles. The van der Waals surface area contributed by atoms with Gasteiger partial charge in [-0.05, 0) is 98.0 Å². The third-order valence-corrected chi connectivity index (χ3v) is 14.1. The molecule has 2 nitrogen and oxygen atoms in total. The molecular formula is C28H34O2S2. The largest absolute Gasteiger partial charge is 0.293 e. The Labute approximate surface area is 200 Å². The lowest BCUT2D eigenvalue weighted by Gasteiger charge is -2.47. The van der Waals surface area contributed by atoms with Gasteiger partial charge in [0.2, 0.25) is 0 Å². The first-order chi connectivity index (χ1) is 15.7. The fourth-order valence-electron chi connectivity index (χ4n) is 9.78. The topological polar surface area (TPSA) is 34.1 Å². The highest BCUT2D eigenvalue weighted by Gasteiger charge is 2.59. The molecule has 32 heavy (non-hydrogen) atoms. The number of carbonyl (C=O) groups is 2. The Kier molecular flexibility index (Phi) is 4.35. The van der Waals surface area contributed by atoms with Crippen molar-refractivity contribution in [2.24, 2.45) is 47.3 Å². The van der Waals surface area contributed by atoms with Crippen molar-refractivity contribution < 1.29 is 9.59 Å². The number of carbonyl (C=O) groups excluding carboxylic acids is 2. The highest BCUT2D eigenvalue weighted by molar-refractivity contribution is 8.05. The van der Waals surface area contributed by atoms with Gasteiger partial charge in [-0.3, -0.25) is 9.59 Å². The van der Waals surface area contributed by atoms with Gasteiger partial charge in [-0.1, -0.05) is 25.7 Å². The van der Waals surface area contributed by atoms with Crippen molar-refractivity contribution >= 4 is 35.1 Å². The Balaban J connectivity index is 1.07. The molecule has 4 heteroatoms. The Morgan fingerprint density at radius 1 is 0.500 bits per heavy atom. The molecule has 10 unspecified atom stereocenters. The van der Waals surface area contributed by atoms with E-state index in [0.29, 0.717) is 69.4 Å². The molecular weight excluding hydrogens is 432 g/mol. The second kappa shape index (κ2) is 7.03. The van der Waals surface area contributed by atoms with Gasteiger partial charge in [-0.25, -0.2) is 0 Å². The summed E-state index contributed by atoms with van der Waals surface area (Å²) in [7, 11) is 0. The maximum absolute atomic E-state index is 13.5. The van der Waals surface area contributed by atoms with Gasteiger partial charge in [0.05, 0.1) is 9.81 Å². The van der Waals surface area contributed by atoms with E-state index in [4.69, 9.17) is 0 Å². The quantitative estimate of drug-likeness (QED) is 0.405. The molecule has 2 aliphatic heterocycles. The Morgan fingerprint density at radius 2 is 0.906 bits per heavy atom. The van der Waals surface area contributed by atoms with Crippen LogP contribution in [0.3, 0.4) is 0 Å². The predicted octanol–water partition coefficient (Wildman–Crippen LogP) is 6.56. The number of thioether (sulfide) groups is 2. The molecule has 10 atom stereocenters. The van der Waals surface area contributed by atoms with Gasteiger partial charge in [0.1, 0.15) is 0 Å². The van der Waals surface area contributed by atoms with E-state index in [1.807, 2.05) is 23.5 Å². The van der Waals surface area contributed by atoms with Crippen LogP contribution in [0.5, 0.6) is 0 Å². The highest BCUT2D eigenvalue weighted by Crippen LogP contribution is 2.66. The molecule has 6 aliphatic carbocycles. The van der Waals surface area contributed by atoms with Crippen molar-refractivity contribution in [3.8, 4) is 0 Å². The number of rotatable bonds is 0. The van der Waals surface area contributed by atoms with E-state index in [0.717, 1.165) is 12.8 Å². The highest BCUT2D eigenvalue weighted by atomic mass is 32.2. The van der Waals surface area contributed by atoms with Gasteiger partial charge in [0, 0.05) is 22.3 Å². The van der Waals surface area contributed by atoms with Crippen LogP contribution in [0.1, 0.15) is 77.0 Å². The molecule has 0 aromatic heterocycles. The number of Topliss-reactive ketones (excluding diaryl/α,β-unsaturated/α-hetero) is 2. The average molecular weight is 467 g/mol. The Morgan fingerprint density at radius 3 is 1.38 bits per heavy atom. The van der Waals surface area contributed by atoms with E-state index < -0.39 is 0 Å². The second-order valence-electron chi connectivity index (χ2n) is 12.3. The Bertz CT molecular complexity index is 900. The van der Waals surface area contributed by atoms with Crippen molar-refractivity contribution in [2.45, 2.75) is 87.5 Å². The number of ketones is 2. The number of hydrogen-bond donors (Lipinski definition) is 0. The summed E-state index contributed by atoms with van der Waals surface area (Å²) in [6.07, 6.45) is 15.4. The first kappa shape index (κ1) is 19.8. The second-order valence-corrected chi connectivity index (χ2v) is 14.8. The molecule has 0 radical (unpaired) electrons. The van der Waals surface area contributed by atoms with Crippen LogP contribution in [-0.2, 0) is 9.59 Å². The molecule has 4 fully saturated rings. The van der Waals surface area contributed by atoms with Crippen LogP contribution in [0.4, 0.5) is 0 Å². The SMILES string of the molecule is O=C1C2=C(C3CCCCC3S2)C2CC3CC4C(=O)C5=C(C6CCCCC6S5)C4CC3CC12. The molecule has 4 saturated carbocycles. The fraction of sp³-hybridized carbons (Fsp3) is 0.786. The molecule has 0 spiro atoms. The molecule has 170 valence electrons. The van der Waals surface area contributed by atoms with E-state index >= 15 is 0 Å². The zero-order valence-corrected chi connectivity index (χ0v) is 20.5. The summed E-state index contributed by atoms with van der Waals surface area (Å²) in [5.74, 6) is 5.49. The predicted molar refractivity (Wildman–Crippen MR) is 130 cm³/mol. The minimum Gasteiger partial charge on any atom is -0.293 e. The summed E-state index contributed by atoms with van der Waals surface area (Å²) in [6, 6.07) is 0. The van der Waals surface area contributed by atoms with E-state index in [1.165, 1.54) is 74.0 Å².